The van der Waals surface area contributed by atoms with E-state index in [0.29, 0.717) is 0 Å². The van der Waals surface area contributed by atoms with Gasteiger partial charge in [0.1, 0.15) is 5.56 Å². The molecule has 25 heavy (non-hydrogen) atoms. The summed E-state index contributed by atoms with van der Waals surface area (Å²) in [6, 6.07) is 2.78. The fourth-order valence-corrected chi connectivity index (χ4v) is 2.03. The second kappa shape index (κ2) is 8.30. The molecule has 0 aromatic carbocycles. The zero-order valence-corrected chi connectivity index (χ0v) is 14.4. The van der Waals surface area contributed by atoms with E-state index < -0.39 is 23.7 Å². The minimum Gasteiger partial charge on any atom is -0.320 e. The molecule has 1 amide bonds. The van der Waals surface area contributed by atoms with Gasteiger partial charge in [0.05, 0.1) is 6.04 Å². The van der Waals surface area contributed by atoms with Crippen molar-refractivity contribution in [2.45, 2.75) is 32.5 Å². The second-order valence-corrected chi connectivity index (χ2v) is 5.42. The second-order valence-electron chi connectivity index (χ2n) is 5.42. The molecule has 2 aromatic rings. The zero-order chi connectivity index (χ0) is 17.9. The maximum absolute atomic E-state index is 13.0. The van der Waals surface area contributed by atoms with Crippen LogP contribution >= 0.6 is 12.4 Å². The van der Waals surface area contributed by atoms with Crippen LogP contribution in [0, 0.1) is 5.92 Å². The molecule has 0 aliphatic rings. The van der Waals surface area contributed by atoms with Gasteiger partial charge in [0.25, 0.3) is 0 Å². The highest BCUT2D eigenvalue weighted by atomic mass is 35.5. The smallest absolute Gasteiger partial charge is 0.320 e. The molecule has 6 nitrogen and oxygen atoms in total. The molecule has 138 valence electrons. The van der Waals surface area contributed by atoms with Crippen molar-refractivity contribution >= 4 is 24.1 Å². The quantitative estimate of drug-likeness (QED) is 0.838. The Morgan fingerprint density at radius 3 is 2.68 bits per heavy atom. The maximum Gasteiger partial charge on any atom is 0.420 e. The van der Waals surface area contributed by atoms with Crippen LogP contribution < -0.4 is 11.1 Å². The van der Waals surface area contributed by atoms with Crippen LogP contribution in [0.5, 0.6) is 0 Å². The van der Waals surface area contributed by atoms with E-state index in [4.69, 9.17) is 5.73 Å². The predicted molar refractivity (Wildman–Crippen MR) is 89.7 cm³/mol. The van der Waals surface area contributed by atoms with Gasteiger partial charge in [0, 0.05) is 18.5 Å². The number of aromatic nitrogens is 3. The van der Waals surface area contributed by atoms with Gasteiger partial charge in [-0.05, 0) is 18.1 Å². The van der Waals surface area contributed by atoms with Crippen molar-refractivity contribution in [2.24, 2.45) is 11.7 Å². The summed E-state index contributed by atoms with van der Waals surface area (Å²) < 4.78 is 40.0. The van der Waals surface area contributed by atoms with Crippen LogP contribution in [0.25, 0.3) is 5.82 Å². The number of alkyl halides is 3. The summed E-state index contributed by atoms with van der Waals surface area (Å²) in [5.74, 6) is -0.722. The van der Waals surface area contributed by atoms with E-state index in [9.17, 15) is 18.0 Å². The first kappa shape index (κ1) is 20.9. The van der Waals surface area contributed by atoms with Crippen molar-refractivity contribution in [1.29, 1.82) is 0 Å². The summed E-state index contributed by atoms with van der Waals surface area (Å²) in [6.07, 6.45) is -1.30. The van der Waals surface area contributed by atoms with E-state index in [1.807, 2.05) is 13.8 Å². The third-order valence-corrected chi connectivity index (χ3v) is 3.71. The zero-order valence-electron chi connectivity index (χ0n) is 13.6. The monoisotopic (exact) mass is 377 g/mol. The van der Waals surface area contributed by atoms with E-state index in [2.05, 4.69) is 15.4 Å². The SMILES string of the molecule is CCC(C)C(N)C(=O)Nc1ccn(-c2ncccc2C(F)(F)F)n1.Cl. The van der Waals surface area contributed by atoms with Gasteiger partial charge in [-0.15, -0.1) is 17.5 Å². The van der Waals surface area contributed by atoms with Crippen LogP contribution in [-0.2, 0) is 11.0 Å². The number of carbonyl (C=O) groups excluding carboxylic acids is 1. The molecule has 0 radical (unpaired) electrons. The third kappa shape index (κ3) is 4.93. The summed E-state index contributed by atoms with van der Waals surface area (Å²) in [4.78, 5) is 15.7. The highest BCUT2D eigenvalue weighted by Crippen LogP contribution is 2.32. The van der Waals surface area contributed by atoms with Crippen LogP contribution in [0.15, 0.2) is 30.6 Å². The number of amides is 1. The van der Waals surface area contributed by atoms with E-state index in [0.717, 1.165) is 17.2 Å². The minimum absolute atomic E-state index is 0. The molecule has 10 heteroatoms. The molecule has 2 heterocycles. The van der Waals surface area contributed by atoms with E-state index in [1.54, 1.807) is 0 Å². The van der Waals surface area contributed by atoms with E-state index >= 15 is 0 Å². The minimum atomic E-state index is -4.56. The number of rotatable bonds is 5. The van der Waals surface area contributed by atoms with Gasteiger partial charge in [0.2, 0.25) is 5.91 Å². The molecular formula is C15H19ClF3N5O. The number of nitrogens with two attached hydrogens (primary N) is 1. The van der Waals surface area contributed by atoms with Gasteiger partial charge < -0.3 is 11.1 Å². The van der Waals surface area contributed by atoms with Crippen molar-refractivity contribution in [1.82, 2.24) is 14.8 Å². The summed E-state index contributed by atoms with van der Waals surface area (Å²) in [5, 5.41) is 6.43. The molecule has 0 saturated carbocycles. The molecule has 0 saturated heterocycles. The van der Waals surface area contributed by atoms with Crippen molar-refractivity contribution in [3.8, 4) is 5.82 Å². The summed E-state index contributed by atoms with van der Waals surface area (Å²) in [7, 11) is 0. The number of hydrogen-bond acceptors (Lipinski definition) is 4. The molecule has 2 unspecified atom stereocenters. The third-order valence-electron chi connectivity index (χ3n) is 3.71. The van der Waals surface area contributed by atoms with Gasteiger partial charge in [0.15, 0.2) is 11.6 Å². The Hall–Kier alpha value is -2.13. The first-order valence-corrected chi connectivity index (χ1v) is 7.38. The first-order valence-electron chi connectivity index (χ1n) is 7.38. The Kier molecular flexibility index (Phi) is 6.95. The number of carbonyl (C=O) groups is 1. The number of halogens is 4. The Morgan fingerprint density at radius 1 is 1.40 bits per heavy atom. The average molecular weight is 378 g/mol. The van der Waals surface area contributed by atoms with Gasteiger partial charge in [-0.3, -0.25) is 4.79 Å². The average Bonchev–Trinajstić information content (AvgIpc) is 3.00. The van der Waals surface area contributed by atoms with Crippen LogP contribution in [0.4, 0.5) is 19.0 Å². The lowest BCUT2D eigenvalue weighted by atomic mass is 9.99. The molecule has 0 aliphatic carbocycles. The number of pyridine rings is 1. The summed E-state index contributed by atoms with van der Waals surface area (Å²) in [5.41, 5.74) is 4.90. The Labute approximate surface area is 149 Å². The predicted octanol–water partition coefficient (Wildman–Crippen LogP) is 3.02. The first-order chi connectivity index (χ1) is 11.2. The standard InChI is InChI=1S/C15H18F3N5O.ClH/c1-3-9(2)12(19)14(24)21-11-6-8-23(22-11)13-10(15(16,17)18)5-4-7-20-13;/h4-9,12H,3,19H2,1-2H3,(H,21,22,24);1H. The van der Waals surface area contributed by atoms with E-state index in [-0.39, 0.29) is 30.0 Å². The molecule has 3 N–H and O–H groups in total. The normalized spacial score (nSPS) is 13.7. The van der Waals surface area contributed by atoms with Crippen molar-refractivity contribution in [2.75, 3.05) is 5.32 Å². The number of nitrogens with zero attached hydrogens (tertiary/aromatic N) is 3. The molecule has 0 fully saturated rings. The Bertz CT molecular complexity index is 719. The van der Waals surface area contributed by atoms with E-state index in [1.165, 1.54) is 24.5 Å². The lowest BCUT2D eigenvalue weighted by Gasteiger charge is -2.16. The molecule has 2 aromatic heterocycles. The lowest BCUT2D eigenvalue weighted by molar-refractivity contribution is -0.137. The van der Waals surface area contributed by atoms with Gasteiger partial charge >= 0.3 is 6.18 Å². The maximum atomic E-state index is 13.0. The lowest BCUT2D eigenvalue weighted by Crippen LogP contribution is -2.40. The number of hydrogen-bond donors (Lipinski definition) is 2. The summed E-state index contributed by atoms with van der Waals surface area (Å²) >= 11 is 0. The number of nitrogens with one attached hydrogen (secondary N) is 1. The van der Waals surface area contributed by atoms with Crippen LogP contribution in [-0.4, -0.2) is 26.7 Å². The fraction of sp³-hybridized carbons (Fsp3) is 0.400. The topological polar surface area (TPSA) is 85.8 Å². The molecule has 2 atom stereocenters. The Balaban J connectivity index is 0.00000312. The molecule has 2 rings (SSSR count). The van der Waals surface area contributed by atoms with Gasteiger partial charge in [-0.25, -0.2) is 9.67 Å². The van der Waals surface area contributed by atoms with Crippen LogP contribution in [0.1, 0.15) is 25.8 Å². The molecule has 0 bridgehead atoms. The molecule has 0 aliphatic heterocycles. The van der Waals surface area contributed by atoms with Gasteiger partial charge in [-0.2, -0.15) is 13.2 Å². The molecular weight excluding hydrogens is 359 g/mol. The van der Waals surface area contributed by atoms with Crippen LogP contribution in [0.3, 0.4) is 0 Å². The largest absolute Gasteiger partial charge is 0.420 e. The van der Waals surface area contributed by atoms with Crippen molar-refractivity contribution in [3.05, 3.63) is 36.2 Å². The van der Waals surface area contributed by atoms with Crippen molar-refractivity contribution < 1.29 is 18.0 Å². The van der Waals surface area contributed by atoms with Gasteiger partial charge in [-0.1, -0.05) is 20.3 Å². The highest BCUT2D eigenvalue weighted by Gasteiger charge is 2.35. The highest BCUT2D eigenvalue weighted by molar-refractivity contribution is 5.94. The van der Waals surface area contributed by atoms with Crippen LogP contribution in [0.2, 0.25) is 0 Å². The molecule has 0 spiro atoms. The number of anilines is 1. The summed E-state index contributed by atoms with van der Waals surface area (Å²) in [6.45, 7) is 3.75. The fourth-order valence-electron chi connectivity index (χ4n) is 2.03. The van der Waals surface area contributed by atoms with Crippen molar-refractivity contribution in [3.63, 3.8) is 0 Å². The Morgan fingerprint density at radius 2 is 2.08 bits per heavy atom.